The van der Waals surface area contributed by atoms with Gasteiger partial charge in [0.15, 0.2) is 0 Å². The van der Waals surface area contributed by atoms with Crippen LogP contribution in [0.25, 0.3) is 10.9 Å². The van der Waals surface area contributed by atoms with Gasteiger partial charge in [-0.15, -0.1) is 0 Å². The molecule has 0 bridgehead atoms. The Morgan fingerprint density at radius 3 is 2.62 bits per heavy atom. The minimum absolute atomic E-state index is 0.126. The topological polar surface area (TPSA) is 59.8 Å². The van der Waals surface area contributed by atoms with E-state index in [1.165, 1.54) is 12.1 Å². The molecule has 0 aliphatic heterocycles. The average molecular weight is 388 g/mol. The van der Waals surface area contributed by atoms with Gasteiger partial charge in [-0.25, -0.2) is 4.39 Å². The minimum atomic E-state index is -0.405. The summed E-state index contributed by atoms with van der Waals surface area (Å²) in [6, 6.07) is 11.5. The number of aromatic nitrogens is 3. The smallest absolute Gasteiger partial charge is 0.225 e. The fourth-order valence-electron chi connectivity index (χ4n) is 3.55. The highest BCUT2D eigenvalue weighted by molar-refractivity contribution is 5.86. The Morgan fingerprint density at radius 2 is 1.90 bits per heavy atom. The highest BCUT2D eigenvalue weighted by Gasteiger charge is 2.22. The number of amides is 1. The quantitative estimate of drug-likeness (QED) is 0.542. The molecule has 1 N–H and O–H groups in total. The van der Waals surface area contributed by atoms with E-state index in [-0.39, 0.29) is 18.1 Å². The number of hydrogen-bond donors (Lipinski definition) is 1. The van der Waals surface area contributed by atoms with Crippen molar-refractivity contribution in [3.8, 4) is 0 Å². The van der Waals surface area contributed by atoms with Crippen LogP contribution in [0.15, 0.2) is 73.4 Å². The third-order valence-corrected chi connectivity index (χ3v) is 4.96. The maximum absolute atomic E-state index is 13.5. The molecule has 29 heavy (non-hydrogen) atoms. The standard InChI is InChI=1S/C23H21FN4O/c1-2-28-15-20(19-9-11-26-14-21(19)28)23(17-5-7-18(24)8-6-17)27-22(29)12-16-4-3-10-25-13-16/h3-11,13-15,23H,2,12H2,1H3,(H,27,29)/t23-/m0/s1. The van der Waals surface area contributed by atoms with E-state index in [2.05, 4.69) is 26.8 Å². The molecule has 1 aromatic carbocycles. The molecule has 1 amide bonds. The second-order valence-electron chi connectivity index (χ2n) is 6.85. The van der Waals surface area contributed by atoms with Crippen molar-refractivity contribution in [3.05, 3.63) is 96.0 Å². The van der Waals surface area contributed by atoms with Crippen LogP contribution in [-0.4, -0.2) is 20.4 Å². The fourth-order valence-corrected chi connectivity index (χ4v) is 3.55. The molecule has 4 rings (SSSR count). The Bertz CT molecular complexity index is 1120. The van der Waals surface area contributed by atoms with Gasteiger partial charge in [-0.05, 0) is 42.3 Å². The highest BCUT2D eigenvalue weighted by Crippen LogP contribution is 2.30. The molecule has 6 heteroatoms. The summed E-state index contributed by atoms with van der Waals surface area (Å²) in [4.78, 5) is 21.1. The van der Waals surface area contributed by atoms with Gasteiger partial charge in [-0.1, -0.05) is 18.2 Å². The zero-order chi connectivity index (χ0) is 20.2. The van der Waals surface area contributed by atoms with Crippen molar-refractivity contribution in [2.45, 2.75) is 25.9 Å². The number of hydrogen-bond acceptors (Lipinski definition) is 3. The summed E-state index contributed by atoms with van der Waals surface area (Å²) in [5.41, 5.74) is 3.61. The molecule has 0 aliphatic rings. The van der Waals surface area contributed by atoms with Crippen LogP contribution in [0.4, 0.5) is 4.39 Å². The summed E-state index contributed by atoms with van der Waals surface area (Å²) >= 11 is 0. The molecule has 0 aliphatic carbocycles. The van der Waals surface area contributed by atoms with E-state index in [1.807, 2.05) is 30.6 Å². The third-order valence-electron chi connectivity index (χ3n) is 4.96. The lowest BCUT2D eigenvalue weighted by Gasteiger charge is -2.19. The van der Waals surface area contributed by atoms with E-state index >= 15 is 0 Å². The predicted molar refractivity (Wildman–Crippen MR) is 110 cm³/mol. The fraction of sp³-hybridized carbons (Fsp3) is 0.174. The Kier molecular flexibility index (Phi) is 5.33. The maximum Gasteiger partial charge on any atom is 0.225 e. The molecule has 0 unspecified atom stereocenters. The van der Waals surface area contributed by atoms with E-state index in [0.29, 0.717) is 0 Å². The summed E-state index contributed by atoms with van der Waals surface area (Å²) in [5, 5.41) is 4.14. The molecule has 4 aromatic rings. The van der Waals surface area contributed by atoms with E-state index < -0.39 is 6.04 Å². The van der Waals surface area contributed by atoms with Crippen LogP contribution in [0, 0.1) is 5.82 Å². The lowest BCUT2D eigenvalue weighted by Crippen LogP contribution is -2.30. The summed E-state index contributed by atoms with van der Waals surface area (Å²) in [6.45, 7) is 2.84. The lowest BCUT2D eigenvalue weighted by molar-refractivity contribution is -0.120. The molecule has 3 heterocycles. The Hall–Kier alpha value is -3.54. The third kappa shape index (κ3) is 4.01. The van der Waals surface area contributed by atoms with Crippen molar-refractivity contribution < 1.29 is 9.18 Å². The summed E-state index contributed by atoms with van der Waals surface area (Å²) in [6.07, 6.45) is 9.17. The van der Waals surface area contributed by atoms with Crippen LogP contribution >= 0.6 is 0 Å². The van der Waals surface area contributed by atoms with Gasteiger partial charge in [-0.3, -0.25) is 14.8 Å². The van der Waals surface area contributed by atoms with Gasteiger partial charge >= 0.3 is 0 Å². The van der Waals surface area contributed by atoms with E-state index in [1.54, 1.807) is 30.7 Å². The number of carbonyl (C=O) groups is 1. The highest BCUT2D eigenvalue weighted by atomic mass is 19.1. The number of pyridine rings is 2. The van der Waals surface area contributed by atoms with Crippen molar-refractivity contribution >= 4 is 16.8 Å². The molecule has 1 atom stereocenters. The molecular weight excluding hydrogens is 367 g/mol. The largest absolute Gasteiger partial charge is 0.346 e. The first-order chi connectivity index (χ1) is 14.2. The number of rotatable bonds is 6. The SMILES string of the molecule is CCn1cc([C@@H](NC(=O)Cc2cccnc2)c2ccc(F)cc2)c2ccncc21. The molecule has 146 valence electrons. The first-order valence-electron chi connectivity index (χ1n) is 9.52. The monoisotopic (exact) mass is 388 g/mol. The van der Waals surface area contributed by atoms with Gasteiger partial charge in [0.2, 0.25) is 5.91 Å². The van der Waals surface area contributed by atoms with Crippen LogP contribution < -0.4 is 5.32 Å². The first-order valence-corrected chi connectivity index (χ1v) is 9.52. The number of nitrogens with one attached hydrogen (secondary N) is 1. The molecular formula is C23H21FN4O. The zero-order valence-electron chi connectivity index (χ0n) is 16.0. The van der Waals surface area contributed by atoms with Gasteiger partial charge in [0.05, 0.1) is 24.2 Å². The molecule has 0 fully saturated rings. The van der Waals surface area contributed by atoms with Crippen molar-refractivity contribution in [1.82, 2.24) is 19.9 Å². The molecule has 0 saturated carbocycles. The van der Waals surface area contributed by atoms with E-state index in [4.69, 9.17) is 0 Å². The van der Waals surface area contributed by atoms with Crippen LogP contribution in [0.5, 0.6) is 0 Å². The number of carbonyl (C=O) groups excluding carboxylic acids is 1. The molecule has 3 aromatic heterocycles. The molecule has 5 nitrogen and oxygen atoms in total. The lowest BCUT2D eigenvalue weighted by atomic mass is 9.98. The Labute approximate surface area is 168 Å². The van der Waals surface area contributed by atoms with Gasteiger partial charge in [-0.2, -0.15) is 0 Å². The number of fused-ring (bicyclic) bond motifs is 1. The first kappa shape index (κ1) is 18.8. The van der Waals surface area contributed by atoms with Crippen molar-refractivity contribution in [3.63, 3.8) is 0 Å². The van der Waals surface area contributed by atoms with Crippen molar-refractivity contribution in [1.29, 1.82) is 0 Å². The van der Waals surface area contributed by atoms with Gasteiger partial charge in [0.1, 0.15) is 5.82 Å². The number of nitrogens with zero attached hydrogens (tertiary/aromatic N) is 3. The van der Waals surface area contributed by atoms with Gasteiger partial charge < -0.3 is 9.88 Å². The maximum atomic E-state index is 13.5. The summed E-state index contributed by atoms with van der Waals surface area (Å²) in [7, 11) is 0. The van der Waals surface area contributed by atoms with E-state index in [9.17, 15) is 9.18 Å². The van der Waals surface area contributed by atoms with Crippen LogP contribution in [-0.2, 0) is 17.8 Å². The zero-order valence-corrected chi connectivity index (χ0v) is 16.0. The molecule has 0 spiro atoms. The van der Waals surface area contributed by atoms with Gasteiger partial charge in [0, 0.05) is 42.3 Å². The molecule has 0 saturated heterocycles. The van der Waals surface area contributed by atoms with Crippen LogP contribution in [0.2, 0.25) is 0 Å². The number of benzene rings is 1. The Balaban J connectivity index is 1.73. The molecule has 0 radical (unpaired) electrons. The normalized spacial score (nSPS) is 12.1. The minimum Gasteiger partial charge on any atom is -0.346 e. The Morgan fingerprint density at radius 1 is 1.10 bits per heavy atom. The van der Waals surface area contributed by atoms with Crippen LogP contribution in [0.3, 0.4) is 0 Å². The second kappa shape index (κ2) is 8.22. The van der Waals surface area contributed by atoms with E-state index in [0.717, 1.165) is 34.1 Å². The number of aryl methyl sites for hydroxylation is 1. The number of halogens is 1. The van der Waals surface area contributed by atoms with Crippen LogP contribution in [0.1, 0.15) is 29.7 Å². The average Bonchev–Trinajstić information content (AvgIpc) is 3.12. The van der Waals surface area contributed by atoms with Gasteiger partial charge in [0.25, 0.3) is 0 Å². The van der Waals surface area contributed by atoms with Crippen molar-refractivity contribution in [2.24, 2.45) is 0 Å². The second-order valence-corrected chi connectivity index (χ2v) is 6.85. The summed E-state index contributed by atoms with van der Waals surface area (Å²) in [5.74, 6) is -0.437. The predicted octanol–water partition coefficient (Wildman–Crippen LogP) is 4.04. The summed E-state index contributed by atoms with van der Waals surface area (Å²) < 4.78 is 15.6. The van der Waals surface area contributed by atoms with Crippen molar-refractivity contribution in [2.75, 3.05) is 0 Å².